The molecule has 2 aromatic carbocycles. The van der Waals surface area contributed by atoms with E-state index in [9.17, 15) is 19.5 Å². The van der Waals surface area contributed by atoms with Gasteiger partial charge in [0.05, 0.1) is 24.0 Å². The van der Waals surface area contributed by atoms with Crippen LogP contribution in [0.1, 0.15) is 47.1 Å². The van der Waals surface area contributed by atoms with Crippen LogP contribution in [0.3, 0.4) is 0 Å². The first-order chi connectivity index (χ1) is 13.3. The summed E-state index contributed by atoms with van der Waals surface area (Å²) < 4.78 is 10.6. The number of hydrogen-bond donors (Lipinski definition) is 2. The molecule has 0 aliphatic heterocycles. The SMILES string of the molecule is CC(=O)Nc1cc(C(=O)COC(=O)c2ccc(COC(C)C)cc2)ccc1O. The Hall–Kier alpha value is -3.19. The largest absolute Gasteiger partial charge is 0.506 e. The molecule has 0 saturated carbocycles. The minimum Gasteiger partial charge on any atom is -0.506 e. The molecule has 0 radical (unpaired) electrons. The summed E-state index contributed by atoms with van der Waals surface area (Å²) in [6, 6.07) is 10.8. The van der Waals surface area contributed by atoms with Gasteiger partial charge in [-0.25, -0.2) is 4.79 Å². The van der Waals surface area contributed by atoms with Gasteiger partial charge in [0.15, 0.2) is 12.4 Å². The quantitative estimate of drug-likeness (QED) is 0.411. The highest BCUT2D eigenvalue weighted by atomic mass is 16.5. The number of esters is 1. The standard InChI is InChI=1S/C21H23NO6/c1-13(2)27-11-15-4-6-16(7-5-15)21(26)28-12-20(25)17-8-9-19(24)18(10-17)22-14(3)23/h4-10,13,24H,11-12H2,1-3H3,(H,22,23). The molecule has 0 unspecified atom stereocenters. The Labute approximate surface area is 163 Å². The van der Waals surface area contributed by atoms with Crippen LogP contribution in [0.2, 0.25) is 0 Å². The number of carbonyl (C=O) groups is 3. The summed E-state index contributed by atoms with van der Waals surface area (Å²) in [5.74, 6) is -1.62. The van der Waals surface area contributed by atoms with Crippen molar-refractivity contribution in [1.29, 1.82) is 0 Å². The van der Waals surface area contributed by atoms with Crippen molar-refractivity contribution in [2.45, 2.75) is 33.5 Å². The van der Waals surface area contributed by atoms with Gasteiger partial charge in [-0.1, -0.05) is 12.1 Å². The third-order valence-corrected chi connectivity index (χ3v) is 3.74. The zero-order valence-corrected chi connectivity index (χ0v) is 16.0. The molecule has 2 N–H and O–H groups in total. The van der Waals surface area contributed by atoms with Crippen LogP contribution >= 0.6 is 0 Å². The first-order valence-corrected chi connectivity index (χ1v) is 8.77. The van der Waals surface area contributed by atoms with E-state index in [1.54, 1.807) is 24.3 Å². The third kappa shape index (κ3) is 6.21. The number of hydrogen-bond acceptors (Lipinski definition) is 6. The van der Waals surface area contributed by atoms with E-state index < -0.39 is 18.4 Å². The van der Waals surface area contributed by atoms with Crippen molar-refractivity contribution in [2.24, 2.45) is 0 Å². The minimum absolute atomic E-state index is 0.113. The van der Waals surface area contributed by atoms with E-state index in [4.69, 9.17) is 9.47 Å². The van der Waals surface area contributed by atoms with E-state index in [0.717, 1.165) is 5.56 Å². The average Bonchev–Trinajstić information content (AvgIpc) is 2.66. The lowest BCUT2D eigenvalue weighted by Crippen LogP contribution is -2.15. The summed E-state index contributed by atoms with van der Waals surface area (Å²) in [7, 11) is 0. The fraction of sp³-hybridized carbons (Fsp3) is 0.286. The number of anilines is 1. The maximum Gasteiger partial charge on any atom is 0.338 e. The number of ether oxygens (including phenoxy) is 2. The van der Waals surface area contributed by atoms with Gasteiger partial charge in [0.1, 0.15) is 5.75 Å². The van der Waals surface area contributed by atoms with E-state index in [1.165, 1.54) is 25.1 Å². The van der Waals surface area contributed by atoms with Crippen molar-refractivity contribution in [3.05, 3.63) is 59.2 Å². The number of Topliss-reactive ketones (excluding diaryl/α,β-unsaturated/α-hetero) is 1. The lowest BCUT2D eigenvalue weighted by atomic mass is 10.1. The van der Waals surface area contributed by atoms with Crippen LogP contribution in [0.4, 0.5) is 5.69 Å². The molecule has 0 bridgehead atoms. The van der Waals surface area contributed by atoms with Crippen molar-refractivity contribution in [1.82, 2.24) is 0 Å². The summed E-state index contributed by atoms with van der Waals surface area (Å²) in [4.78, 5) is 35.5. The monoisotopic (exact) mass is 385 g/mol. The zero-order valence-electron chi connectivity index (χ0n) is 16.0. The van der Waals surface area contributed by atoms with Gasteiger partial charge in [-0.15, -0.1) is 0 Å². The Morgan fingerprint density at radius 2 is 1.68 bits per heavy atom. The summed E-state index contributed by atoms with van der Waals surface area (Å²) in [6.07, 6.45) is 0.113. The van der Waals surface area contributed by atoms with E-state index in [2.05, 4.69) is 5.32 Å². The predicted octanol–water partition coefficient (Wildman–Crippen LogP) is 3.32. The molecule has 7 heteroatoms. The van der Waals surface area contributed by atoms with Gasteiger partial charge in [-0.05, 0) is 49.7 Å². The Morgan fingerprint density at radius 1 is 1.04 bits per heavy atom. The molecule has 7 nitrogen and oxygen atoms in total. The van der Waals surface area contributed by atoms with Crippen molar-refractivity contribution in [2.75, 3.05) is 11.9 Å². The van der Waals surface area contributed by atoms with Crippen molar-refractivity contribution < 1.29 is 29.0 Å². The van der Waals surface area contributed by atoms with Gasteiger partial charge in [-0.2, -0.15) is 0 Å². The third-order valence-electron chi connectivity index (χ3n) is 3.74. The molecule has 0 aromatic heterocycles. The van der Waals surface area contributed by atoms with Crippen LogP contribution in [0, 0.1) is 0 Å². The number of benzene rings is 2. The number of amides is 1. The first-order valence-electron chi connectivity index (χ1n) is 8.77. The van der Waals surface area contributed by atoms with Crippen LogP contribution in [-0.2, 0) is 20.9 Å². The van der Waals surface area contributed by atoms with Crippen LogP contribution in [-0.4, -0.2) is 35.5 Å². The van der Waals surface area contributed by atoms with Crippen molar-refractivity contribution in [3.8, 4) is 5.75 Å². The molecule has 0 fully saturated rings. The van der Waals surface area contributed by atoms with Gasteiger partial charge in [0.25, 0.3) is 0 Å². The molecule has 148 valence electrons. The lowest BCUT2D eigenvalue weighted by Gasteiger charge is -2.09. The molecule has 0 spiro atoms. The van der Waals surface area contributed by atoms with Gasteiger partial charge in [0, 0.05) is 12.5 Å². The molecule has 0 aliphatic rings. The first kappa shape index (κ1) is 21.1. The molecular formula is C21H23NO6. The molecule has 0 atom stereocenters. The van der Waals surface area contributed by atoms with E-state index in [0.29, 0.717) is 12.2 Å². The summed E-state index contributed by atoms with van der Waals surface area (Å²) >= 11 is 0. The van der Waals surface area contributed by atoms with Gasteiger partial charge in [-0.3, -0.25) is 9.59 Å². The number of rotatable bonds is 8. The maximum atomic E-state index is 12.2. The summed E-state index contributed by atoms with van der Waals surface area (Å²) in [5, 5.41) is 12.1. The van der Waals surface area contributed by atoms with Crippen LogP contribution in [0.5, 0.6) is 5.75 Å². The number of carbonyl (C=O) groups excluding carboxylic acids is 3. The highest BCUT2D eigenvalue weighted by Crippen LogP contribution is 2.24. The van der Waals surface area contributed by atoms with E-state index >= 15 is 0 Å². The highest BCUT2D eigenvalue weighted by Gasteiger charge is 2.14. The van der Waals surface area contributed by atoms with Gasteiger partial charge in [0.2, 0.25) is 5.91 Å². The molecule has 2 aromatic rings. The molecule has 28 heavy (non-hydrogen) atoms. The number of nitrogens with one attached hydrogen (secondary N) is 1. The van der Waals surface area contributed by atoms with Gasteiger partial charge >= 0.3 is 5.97 Å². The van der Waals surface area contributed by atoms with Crippen LogP contribution < -0.4 is 5.32 Å². The highest BCUT2D eigenvalue weighted by molar-refractivity contribution is 6.01. The van der Waals surface area contributed by atoms with E-state index in [1.807, 2.05) is 13.8 Å². The minimum atomic E-state index is -0.620. The molecule has 1 amide bonds. The molecule has 2 rings (SSSR count). The Kier molecular flexibility index (Phi) is 7.28. The second kappa shape index (κ2) is 9.66. The number of phenolic OH excluding ortho intramolecular Hbond substituents is 1. The molecular weight excluding hydrogens is 362 g/mol. The second-order valence-electron chi connectivity index (χ2n) is 6.47. The number of phenols is 1. The fourth-order valence-electron chi connectivity index (χ4n) is 2.30. The Balaban J connectivity index is 1.95. The zero-order chi connectivity index (χ0) is 20.7. The van der Waals surface area contributed by atoms with Crippen molar-refractivity contribution in [3.63, 3.8) is 0 Å². The fourth-order valence-corrected chi connectivity index (χ4v) is 2.30. The van der Waals surface area contributed by atoms with Crippen LogP contribution in [0.25, 0.3) is 0 Å². The van der Waals surface area contributed by atoms with Crippen LogP contribution in [0.15, 0.2) is 42.5 Å². The summed E-state index contributed by atoms with van der Waals surface area (Å²) in [5.41, 5.74) is 1.57. The Bertz CT molecular complexity index is 858. The number of aromatic hydroxyl groups is 1. The maximum absolute atomic E-state index is 12.2. The predicted molar refractivity (Wildman–Crippen MR) is 103 cm³/mol. The number of ketones is 1. The normalized spacial score (nSPS) is 10.6. The lowest BCUT2D eigenvalue weighted by molar-refractivity contribution is -0.114. The smallest absolute Gasteiger partial charge is 0.338 e. The molecule has 0 aliphatic carbocycles. The topological polar surface area (TPSA) is 102 Å². The molecule has 0 heterocycles. The average molecular weight is 385 g/mol. The molecule has 0 saturated heterocycles. The van der Waals surface area contributed by atoms with Gasteiger partial charge < -0.3 is 19.9 Å². The summed E-state index contributed by atoms with van der Waals surface area (Å²) in [6.45, 7) is 5.16. The second-order valence-corrected chi connectivity index (χ2v) is 6.47. The van der Waals surface area contributed by atoms with Crippen molar-refractivity contribution >= 4 is 23.3 Å². The van der Waals surface area contributed by atoms with E-state index in [-0.39, 0.29) is 29.0 Å². The Morgan fingerprint density at radius 3 is 2.29 bits per heavy atom.